The van der Waals surface area contributed by atoms with Gasteiger partial charge in [-0.1, -0.05) is 42.5 Å². The molecule has 6 nitrogen and oxygen atoms in total. The number of carbonyl (C=O) groups is 1. The van der Waals surface area contributed by atoms with E-state index in [1.807, 2.05) is 61.5 Å². The number of nitrogens with one attached hydrogen (secondary N) is 2. The summed E-state index contributed by atoms with van der Waals surface area (Å²) in [4.78, 5) is 28.9. The van der Waals surface area contributed by atoms with Crippen LogP contribution in [0.4, 0.5) is 0 Å². The summed E-state index contributed by atoms with van der Waals surface area (Å²) in [5.41, 5.74) is 2.69. The van der Waals surface area contributed by atoms with Crippen LogP contribution in [0.5, 0.6) is 5.75 Å². The second-order valence-electron chi connectivity index (χ2n) is 7.33. The number of amides is 1. The number of hydrogen-bond donors (Lipinski definition) is 2. The van der Waals surface area contributed by atoms with Gasteiger partial charge in [-0.3, -0.25) is 14.2 Å². The number of hydrogen-bond acceptors (Lipinski definition) is 4. The molecule has 1 heterocycles. The number of carbonyl (C=O) groups excluding carboxylic acids is 1. The topological polar surface area (TPSA) is 76.1 Å². The maximum Gasteiger partial charge on any atom is 0.262 e. The molecule has 0 aliphatic carbocycles. The Morgan fingerprint density at radius 2 is 1.75 bits per heavy atom. The van der Waals surface area contributed by atoms with Gasteiger partial charge in [0.1, 0.15) is 5.75 Å². The second-order valence-corrected chi connectivity index (χ2v) is 7.72. The van der Waals surface area contributed by atoms with Crippen molar-refractivity contribution in [2.24, 2.45) is 0 Å². The third kappa shape index (κ3) is 4.20. The number of rotatable bonds is 6. The van der Waals surface area contributed by atoms with Crippen molar-refractivity contribution in [3.8, 4) is 5.75 Å². The molecule has 32 heavy (non-hydrogen) atoms. The average Bonchev–Trinajstić information content (AvgIpc) is 2.83. The summed E-state index contributed by atoms with van der Waals surface area (Å²) in [7, 11) is 1.62. The van der Waals surface area contributed by atoms with Crippen molar-refractivity contribution in [1.29, 1.82) is 0 Å². The average molecular weight is 446 g/mol. The third-order valence-corrected chi connectivity index (χ3v) is 5.74. The zero-order valence-electron chi connectivity index (χ0n) is 17.8. The van der Waals surface area contributed by atoms with Crippen LogP contribution in [0.25, 0.3) is 10.9 Å². The van der Waals surface area contributed by atoms with Crippen molar-refractivity contribution in [3.63, 3.8) is 0 Å². The summed E-state index contributed by atoms with van der Waals surface area (Å²) in [6.07, 6.45) is 0. The molecule has 2 N–H and O–H groups in total. The predicted octanol–water partition coefficient (Wildman–Crippen LogP) is 4.61. The molecule has 1 atom stereocenters. The summed E-state index contributed by atoms with van der Waals surface area (Å²) in [6.45, 7) is 2.34. The Labute approximate surface area is 190 Å². The highest BCUT2D eigenvalue weighted by Crippen LogP contribution is 2.25. The van der Waals surface area contributed by atoms with Crippen LogP contribution in [0.2, 0.25) is 0 Å². The normalized spacial score (nSPS) is 11.8. The van der Waals surface area contributed by atoms with Crippen molar-refractivity contribution in [3.05, 3.63) is 105 Å². The summed E-state index contributed by atoms with van der Waals surface area (Å²) in [5.74, 6) is 0.491. The largest absolute Gasteiger partial charge is 0.497 e. The number of nitrogens with zero attached hydrogens (tertiary/aromatic N) is 1. The van der Waals surface area contributed by atoms with E-state index in [1.54, 1.807) is 25.3 Å². The minimum atomic E-state index is -0.350. The highest BCUT2D eigenvalue weighted by Gasteiger charge is 2.19. The molecule has 162 valence electrons. The Morgan fingerprint density at radius 3 is 2.41 bits per heavy atom. The number of methoxy groups -OCH3 is 1. The molecule has 1 amide bonds. The van der Waals surface area contributed by atoms with E-state index in [-0.39, 0.29) is 17.5 Å². The summed E-state index contributed by atoms with van der Waals surface area (Å²) < 4.78 is 7.08. The molecular formula is C25H23N3O3S. The first-order valence-electron chi connectivity index (χ1n) is 10.3. The van der Waals surface area contributed by atoms with E-state index < -0.39 is 0 Å². The Hall–Kier alpha value is -3.71. The Balaban J connectivity index is 1.71. The molecule has 7 heteroatoms. The molecule has 4 aromatic rings. The number of ether oxygens (including phenoxy) is 1. The van der Waals surface area contributed by atoms with Crippen LogP contribution in [0.15, 0.2) is 77.6 Å². The van der Waals surface area contributed by atoms with E-state index in [0.717, 1.165) is 16.9 Å². The third-order valence-electron chi connectivity index (χ3n) is 5.42. The Bertz CT molecular complexity index is 1380. The van der Waals surface area contributed by atoms with Gasteiger partial charge in [-0.15, -0.1) is 0 Å². The summed E-state index contributed by atoms with van der Waals surface area (Å²) in [5, 5.41) is 3.61. The van der Waals surface area contributed by atoms with Gasteiger partial charge in [0.05, 0.1) is 24.1 Å². The van der Waals surface area contributed by atoms with Crippen LogP contribution in [-0.4, -0.2) is 22.6 Å². The minimum absolute atomic E-state index is 0.168. The van der Waals surface area contributed by atoms with Crippen LogP contribution in [0.1, 0.15) is 34.5 Å². The fraction of sp³-hybridized carbons (Fsp3) is 0.160. The number of fused-ring (bicyclic) bond motifs is 1. The number of aromatic amines is 1. The van der Waals surface area contributed by atoms with Gasteiger partial charge < -0.3 is 15.0 Å². The molecule has 0 fully saturated rings. The maximum absolute atomic E-state index is 13.2. The number of H-pyrrole nitrogens is 1. The van der Waals surface area contributed by atoms with Gasteiger partial charge in [0, 0.05) is 12.1 Å². The van der Waals surface area contributed by atoms with Gasteiger partial charge in [-0.05, 0) is 60.6 Å². The smallest absolute Gasteiger partial charge is 0.262 e. The molecule has 0 aliphatic heterocycles. The van der Waals surface area contributed by atoms with E-state index in [9.17, 15) is 9.59 Å². The van der Waals surface area contributed by atoms with E-state index >= 15 is 0 Å². The van der Waals surface area contributed by atoms with Crippen molar-refractivity contribution in [1.82, 2.24) is 14.9 Å². The van der Waals surface area contributed by atoms with Gasteiger partial charge in [0.25, 0.3) is 11.5 Å². The quantitative estimate of drug-likeness (QED) is 0.425. The number of benzene rings is 3. The van der Waals surface area contributed by atoms with Crippen LogP contribution < -0.4 is 15.6 Å². The van der Waals surface area contributed by atoms with Crippen LogP contribution in [-0.2, 0) is 6.54 Å². The van der Waals surface area contributed by atoms with Crippen molar-refractivity contribution in [2.45, 2.75) is 19.5 Å². The molecule has 1 unspecified atom stereocenters. The summed E-state index contributed by atoms with van der Waals surface area (Å²) in [6, 6.07) is 22.0. The number of aromatic nitrogens is 2. The van der Waals surface area contributed by atoms with Crippen LogP contribution >= 0.6 is 12.2 Å². The fourth-order valence-corrected chi connectivity index (χ4v) is 4.02. The molecule has 0 spiro atoms. The second kappa shape index (κ2) is 9.20. The van der Waals surface area contributed by atoms with Gasteiger partial charge in [-0.25, -0.2) is 0 Å². The predicted molar refractivity (Wildman–Crippen MR) is 128 cm³/mol. The highest BCUT2D eigenvalue weighted by atomic mass is 32.1. The lowest BCUT2D eigenvalue weighted by molar-refractivity contribution is 0.0943. The Kier molecular flexibility index (Phi) is 6.18. The lowest BCUT2D eigenvalue weighted by Crippen LogP contribution is -2.29. The fourth-order valence-electron chi connectivity index (χ4n) is 3.70. The molecule has 0 saturated carbocycles. The van der Waals surface area contributed by atoms with Crippen LogP contribution in [0.3, 0.4) is 0 Å². The first-order chi connectivity index (χ1) is 15.5. The standard InChI is InChI=1S/C25H23N3O3S/c1-3-28-24(30)20-14-11-18(15-21(20)26-25(28)32)23(29)27-22(16-7-5-4-6-8-16)17-9-12-19(31-2)13-10-17/h4-15,22H,3H2,1-2H3,(H,26,32)(H,27,29). The molecule has 0 saturated heterocycles. The van der Waals surface area contributed by atoms with Crippen LogP contribution in [0, 0.1) is 4.77 Å². The van der Waals surface area contributed by atoms with Crippen molar-refractivity contribution in [2.75, 3.05) is 7.11 Å². The molecule has 4 rings (SSSR count). The molecular weight excluding hydrogens is 422 g/mol. The van der Waals surface area contributed by atoms with Gasteiger partial charge in [-0.2, -0.15) is 0 Å². The lowest BCUT2D eigenvalue weighted by Gasteiger charge is -2.20. The van der Waals surface area contributed by atoms with E-state index in [4.69, 9.17) is 17.0 Å². The highest BCUT2D eigenvalue weighted by molar-refractivity contribution is 7.71. The molecule has 0 aliphatic rings. The zero-order valence-corrected chi connectivity index (χ0v) is 18.6. The van der Waals surface area contributed by atoms with Crippen molar-refractivity contribution >= 4 is 29.0 Å². The van der Waals surface area contributed by atoms with E-state index in [0.29, 0.717) is 27.8 Å². The maximum atomic E-state index is 13.2. The monoisotopic (exact) mass is 445 g/mol. The lowest BCUT2D eigenvalue weighted by atomic mass is 9.98. The molecule has 0 bridgehead atoms. The minimum Gasteiger partial charge on any atom is -0.497 e. The van der Waals surface area contributed by atoms with E-state index in [2.05, 4.69) is 10.3 Å². The summed E-state index contributed by atoms with van der Waals surface area (Å²) >= 11 is 5.29. The van der Waals surface area contributed by atoms with Gasteiger partial charge in [0.15, 0.2) is 4.77 Å². The molecule has 1 aromatic heterocycles. The van der Waals surface area contributed by atoms with Crippen molar-refractivity contribution < 1.29 is 9.53 Å². The first-order valence-corrected chi connectivity index (χ1v) is 10.7. The molecule has 3 aromatic carbocycles. The zero-order chi connectivity index (χ0) is 22.7. The van der Waals surface area contributed by atoms with Gasteiger partial charge >= 0.3 is 0 Å². The van der Waals surface area contributed by atoms with E-state index in [1.165, 1.54) is 4.57 Å². The van der Waals surface area contributed by atoms with Gasteiger partial charge in [0.2, 0.25) is 0 Å². The SMILES string of the molecule is CCn1c(=S)[nH]c2cc(C(=O)NC(c3ccccc3)c3ccc(OC)cc3)ccc2c1=O. The first kappa shape index (κ1) is 21.5. The molecule has 0 radical (unpaired) electrons. The Morgan fingerprint density at radius 1 is 1.06 bits per heavy atom.